The van der Waals surface area contributed by atoms with E-state index in [4.69, 9.17) is 4.52 Å². The van der Waals surface area contributed by atoms with Crippen molar-refractivity contribution in [2.45, 2.75) is 32.1 Å². The van der Waals surface area contributed by atoms with Gasteiger partial charge in [-0.15, -0.1) is 0 Å². The Morgan fingerprint density at radius 3 is 3.25 bits per heavy atom. The van der Waals surface area contributed by atoms with E-state index in [0.29, 0.717) is 24.7 Å². The Morgan fingerprint density at radius 1 is 1.46 bits per heavy atom. The minimum absolute atomic E-state index is 0.117. The summed E-state index contributed by atoms with van der Waals surface area (Å²) in [7, 11) is 0. The average Bonchev–Trinajstić information content (AvgIpc) is 3.29. The number of nitrogens with zero attached hydrogens (tertiary/aromatic N) is 4. The van der Waals surface area contributed by atoms with Crippen molar-refractivity contribution < 1.29 is 9.32 Å². The molecule has 0 bridgehead atoms. The van der Waals surface area contributed by atoms with Crippen LogP contribution in [-0.4, -0.2) is 44.0 Å². The number of hydrogen-bond donors (Lipinski definition) is 1. The molecule has 1 atom stereocenters. The second-order valence-corrected chi connectivity index (χ2v) is 6.12. The number of likely N-dealkylation sites (tertiary alicyclic amines) is 1. The van der Waals surface area contributed by atoms with Gasteiger partial charge in [-0.05, 0) is 31.0 Å². The van der Waals surface area contributed by atoms with E-state index in [1.54, 1.807) is 6.33 Å². The number of fused-ring (bicyclic) bond motifs is 1. The first-order valence-corrected chi connectivity index (χ1v) is 8.29. The summed E-state index contributed by atoms with van der Waals surface area (Å²) in [6.07, 6.45) is 4.13. The van der Waals surface area contributed by atoms with E-state index in [1.165, 1.54) is 0 Å². The van der Waals surface area contributed by atoms with Crippen molar-refractivity contribution in [1.82, 2.24) is 25.0 Å². The largest absolute Gasteiger partial charge is 0.345 e. The second kappa shape index (κ2) is 6.07. The van der Waals surface area contributed by atoms with Gasteiger partial charge >= 0.3 is 0 Å². The normalized spacial score (nSPS) is 18.2. The number of piperidine rings is 1. The number of nitrogens with one attached hydrogen (secondary N) is 1. The van der Waals surface area contributed by atoms with Gasteiger partial charge in [0.05, 0.1) is 23.3 Å². The number of amides is 1. The zero-order valence-electron chi connectivity index (χ0n) is 13.5. The van der Waals surface area contributed by atoms with Crippen molar-refractivity contribution in [2.75, 3.05) is 13.1 Å². The first kappa shape index (κ1) is 14.9. The molecular formula is C17H19N5O2. The Hall–Kier alpha value is -2.70. The summed E-state index contributed by atoms with van der Waals surface area (Å²) >= 11 is 0. The van der Waals surface area contributed by atoms with Crippen LogP contribution in [0, 0.1) is 0 Å². The highest BCUT2D eigenvalue weighted by Gasteiger charge is 2.28. The van der Waals surface area contributed by atoms with Crippen LogP contribution in [0.25, 0.3) is 22.4 Å². The van der Waals surface area contributed by atoms with Gasteiger partial charge in [-0.3, -0.25) is 4.79 Å². The first-order chi connectivity index (χ1) is 11.7. The maximum Gasteiger partial charge on any atom is 0.231 e. The molecule has 7 nitrogen and oxygen atoms in total. The lowest BCUT2D eigenvalue weighted by atomic mass is 9.97. The number of rotatable bonds is 3. The summed E-state index contributed by atoms with van der Waals surface area (Å²) in [5, 5.41) is 4.12. The van der Waals surface area contributed by atoms with Gasteiger partial charge in [-0.1, -0.05) is 12.1 Å². The van der Waals surface area contributed by atoms with Crippen LogP contribution in [0.1, 0.15) is 38.0 Å². The molecule has 3 aromatic rings. The molecule has 1 amide bonds. The van der Waals surface area contributed by atoms with Crippen LogP contribution in [0.2, 0.25) is 0 Å². The number of benzene rings is 1. The fraction of sp³-hybridized carbons (Fsp3) is 0.412. The van der Waals surface area contributed by atoms with E-state index in [1.807, 2.05) is 30.0 Å². The number of carbonyl (C=O) groups is 1. The lowest BCUT2D eigenvalue weighted by Crippen LogP contribution is -2.38. The molecule has 2 aromatic heterocycles. The molecule has 1 aliphatic heterocycles. The smallest absolute Gasteiger partial charge is 0.231 e. The number of carbonyl (C=O) groups excluding carboxylic acids is 1. The average molecular weight is 325 g/mol. The molecule has 4 rings (SSSR count). The number of aromatic amines is 1. The van der Waals surface area contributed by atoms with Crippen LogP contribution in [0.15, 0.2) is 29.0 Å². The van der Waals surface area contributed by atoms with Gasteiger partial charge in [0.25, 0.3) is 0 Å². The van der Waals surface area contributed by atoms with Gasteiger partial charge in [-0.25, -0.2) is 4.98 Å². The predicted octanol–water partition coefficient (Wildman–Crippen LogP) is 2.73. The van der Waals surface area contributed by atoms with Gasteiger partial charge in [0, 0.05) is 25.1 Å². The molecule has 1 aromatic carbocycles. The van der Waals surface area contributed by atoms with Crippen LogP contribution < -0.4 is 0 Å². The second-order valence-electron chi connectivity index (χ2n) is 6.12. The SMILES string of the molecule is CCC(=O)N1CCC[C@@H](c2nc(-c3ccc4nc[nH]c4c3)no2)C1. The number of H-pyrrole nitrogens is 1. The van der Waals surface area contributed by atoms with Crippen LogP contribution in [0.5, 0.6) is 0 Å². The zero-order valence-corrected chi connectivity index (χ0v) is 13.5. The van der Waals surface area contributed by atoms with Crippen LogP contribution in [0.4, 0.5) is 0 Å². The third-order valence-corrected chi connectivity index (χ3v) is 4.55. The molecule has 0 unspecified atom stereocenters. The first-order valence-electron chi connectivity index (χ1n) is 8.29. The van der Waals surface area contributed by atoms with E-state index in [2.05, 4.69) is 20.1 Å². The molecular weight excluding hydrogens is 306 g/mol. The van der Waals surface area contributed by atoms with Gasteiger partial charge in [0.2, 0.25) is 17.6 Å². The van der Waals surface area contributed by atoms with Crippen molar-refractivity contribution in [2.24, 2.45) is 0 Å². The molecule has 0 saturated carbocycles. The monoisotopic (exact) mass is 325 g/mol. The third-order valence-electron chi connectivity index (χ3n) is 4.55. The Balaban J connectivity index is 1.56. The van der Waals surface area contributed by atoms with Crippen LogP contribution in [0.3, 0.4) is 0 Å². The minimum Gasteiger partial charge on any atom is -0.345 e. The summed E-state index contributed by atoms with van der Waals surface area (Å²) in [6.45, 7) is 3.37. The van der Waals surface area contributed by atoms with E-state index in [9.17, 15) is 4.79 Å². The lowest BCUT2D eigenvalue weighted by molar-refractivity contribution is -0.132. The van der Waals surface area contributed by atoms with E-state index >= 15 is 0 Å². The Kier molecular flexibility index (Phi) is 3.76. The molecule has 1 saturated heterocycles. The van der Waals surface area contributed by atoms with E-state index in [0.717, 1.165) is 36.0 Å². The highest BCUT2D eigenvalue weighted by molar-refractivity contribution is 5.79. The third kappa shape index (κ3) is 2.66. The molecule has 0 aliphatic carbocycles. The highest BCUT2D eigenvalue weighted by atomic mass is 16.5. The summed E-state index contributed by atoms with van der Waals surface area (Å²) in [6, 6.07) is 5.83. The molecule has 1 aliphatic rings. The molecule has 24 heavy (non-hydrogen) atoms. The molecule has 3 heterocycles. The van der Waals surface area contributed by atoms with Gasteiger partial charge in [0.1, 0.15) is 0 Å². The van der Waals surface area contributed by atoms with Crippen molar-refractivity contribution in [3.8, 4) is 11.4 Å². The van der Waals surface area contributed by atoms with Crippen molar-refractivity contribution in [3.05, 3.63) is 30.4 Å². The van der Waals surface area contributed by atoms with Crippen molar-refractivity contribution >= 4 is 16.9 Å². The fourth-order valence-electron chi connectivity index (χ4n) is 3.22. The van der Waals surface area contributed by atoms with Crippen LogP contribution >= 0.6 is 0 Å². The zero-order chi connectivity index (χ0) is 16.5. The van der Waals surface area contributed by atoms with Gasteiger partial charge in [0.15, 0.2) is 0 Å². The maximum atomic E-state index is 11.9. The summed E-state index contributed by atoms with van der Waals surface area (Å²) < 4.78 is 5.49. The van der Waals surface area contributed by atoms with Crippen molar-refractivity contribution in [3.63, 3.8) is 0 Å². The standard InChI is InChI=1S/C17H19N5O2/c1-2-15(23)22-7-3-4-12(9-22)17-20-16(21-24-17)11-5-6-13-14(8-11)19-10-18-13/h5-6,8,10,12H,2-4,7,9H2,1H3,(H,18,19)/t12-/m1/s1. The molecule has 0 spiro atoms. The quantitative estimate of drug-likeness (QED) is 0.800. The number of hydrogen-bond acceptors (Lipinski definition) is 5. The van der Waals surface area contributed by atoms with Gasteiger partial charge in [-0.2, -0.15) is 4.98 Å². The molecule has 7 heteroatoms. The Bertz CT molecular complexity index is 869. The highest BCUT2D eigenvalue weighted by Crippen LogP contribution is 2.28. The predicted molar refractivity (Wildman–Crippen MR) is 88.2 cm³/mol. The maximum absolute atomic E-state index is 11.9. The Morgan fingerprint density at radius 2 is 2.38 bits per heavy atom. The van der Waals surface area contributed by atoms with Crippen molar-refractivity contribution in [1.29, 1.82) is 0 Å². The summed E-state index contributed by atoms with van der Waals surface area (Å²) in [4.78, 5) is 25.7. The van der Waals surface area contributed by atoms with Crippen LogP contribution in [-0.2, 0) is 4.79 Å². The fourth-order valence-corrected chi connectivity index (χ4v) is 3.22. The number of aromatic nitrogens is 4. The molecule has 124 valence electrons. The van der Waals surface area contributed by atoms with Gasteiger partial charge < -0.3 is 14.4 Å². The minimum atomic E-state index is 0.117. The molecule has 0 radical (unpaired) electrons. The lowest BCUT2D eigenvalue weighted by Gasteiger charge is -2.30. The number of imidazole rings is 1. The Labute approximate surface area is 139 Å². The summed E-state index contributed by atoms with van der Waals surface area (Å²) in [5.74, 6) is 1.49. The molecule has 1 N–H and O–H groups in total. The molecule has 1 fully saturated rings. The topological polar surface area (TPSA) is 87.9 Å². The van der Waals surface area contributed by atoms with E-state index in [-0.39, 0.29) is 11.8 Å². The summed E-state index contributed by atoms with van der Waals surface area (Å²) in [5.41, 5.74) is 2.73. The van der Waals surface area contributed by atoms with E-state index < -0.39 is 0 Å².